The molecule has 0 saturated heterocycles. The van der Waals surface area contributed by atoms with Crippen molar-refractivity contribution in [2.45, 2.75) is 38.1 Å². The predicted molar refractivity (Wildman–Crippen MR) is 83.5 cm³/mol. The number of hydrogen-bond acceptors (Lipinski definition) is 3. The number of sulfone groups is 1. The van der Waals surface area contributed by atoms with Crippen LogP contribution in [0.2, 0.25) is 0 Å². The second kappa shape index (κ2) is 7.38. The van der Waals surface area contributed by atoms with Crippen LogP contribution in [-0.2, 0) is 14.6 Å². The van der Waals surface area contributed by atoms with Crippen LogP contribution in [0.5, 0.6) is 0 Å². The Balaban J connectivity index is 2.16. The van der Waals surface area contributed by atoms with Gasteiger partial charge in [-0.1, -0.05) is 18.9 Å². The molecule has 0 unspecified atom stereocenters. The van der Waals surface area contributed by atoms with Gasteiger partial charge >= 0.3 is 0 Å². The zero-order valence-electron chi connectivity index (χ0n) is 13.0. The molecule has 0 spiro atoms. The third-order valence-corrected chi connectivity index (χ3v) is 5.13. The average Bonchev–Trinajstić information content (AvgIpc) is 2.96. The molecule has 1 aromatic rings. The summed E-state index contributed by atoms with van der Waals surface area (Å²) in [5.74, 6) is -1.96. The minimum atomic E-state index is -3.24. The molecule has 4 nitrogen and oxygen atoms in total. The van der Waals surface area contributed by atoms with Crippen molar-refractivity contribution >= 4 is 15.7 Å². The third-order valence-electron chi connectivity index (χ3n) is 4.19. The molecule has 1 amide bonds. The van der Waals surface area contributed by atoms with Crippen molar-refractivity contribution in [3.8, 4) is 0 Å². The Morgan fingerprint density at radius 2 is 1.96 bits per heavy atom. The first kappa shape index (κ1) is 17.8. The van der Waals surface area contributed by atoms with E-state index in [1.807, 2.05) is 0 Å². The molecule has 2 rings (SSSR count). The lowest BCUT2D eigenvalue weighted by Crippen LogP contribution is -2.34. The van der Waals surface area contributed by atoms with Crippen LogP contribution in [0.1, 0.15) is 43.7 Å². The van der Waals surface area contributed by atoms with E-state index in [9.17, 15) is 22.0 Å². The van der Waals surface area contributed by atoms with Gasteiger partial charge in [-0.2, -0.15) is 0 Å². The number of rotatable bonds is 6. The average molecular weight is 345 g/mol. The first-order valence-corrected chi connectivity index (χ1v) is 9.74. The highest BCUT2D eigenvalue weighted by molar-refractivity contribution is 7.90. The number of halogens is 2. The number of carbonyl (C=O) groups is 1. The van der Waals surface area contributed by atoms with E-state index < -0.39 is 33.4 Å². The Kier molecular flexibility index (Phi) is 5.73. The summed E-state index contributed by atoms with van der Waals surface area (Å²) in [6, 6.07) is 2.78. The van der Waals surface area contributed by atoms with Crippen LogP contribution in [0, 0.1) is 17.6 Å². The van der Waals surface area contributed by atoms with Crippen LogP contribution in [0.4, 0.5) is 8.78 Å². The van der Waals surface area contributed by atoms with Gasteiger partial charge in [-0.25, -0.2) is 17.2 Å². The maximum Gasteiger partial charge on any atom is 0.221 e. The molecule has 1 aromatic carbocycles. The highest BCUT2D eigenvalue weighted by Gasteiger charge is 2.29. The first-order chi connectivity index (χ1) is 10.8. The number of benzene rings is 1. The summed E-state index contributed by atoms with van der Waals surface area (Å²) in [4.78, 5) is 12.0. The molecule has 1 saturated carbocycles. The largest absolute Gasteiger partial charge is 0.349 e. The van der Waals surface area contributed by atoms with Crippen molar-refractivity contribution in [3.63, 3.8) is 0 Å². The summed E-state index contributed by atoms with van der Waals surface area (Å²) in [5, 5.41) is 2.74. The molecule has 7 heteroatoms. The molecule has 1 aliphatic carbocycles. The fourth-order valence-electron chi connectivity index (χ4n) is 3.02. The molecule has 128 valence electrons. The van der Waals surface area contributed by atoms with Gasteiger partial charge in [0.05, 0.1) is 11.8 Å². The monoisotopic (exact) mass is 345 g/mol. The van der Waals surface area contributed by atoms with Crippen molar-refractivity contribution in [2.75, 3.05) is 12.0 Å². The SMILES string of the molecule is CS(=O)(=O)CCC(=O)N[C@H](c1ccc(F)cc1F)C1CCCC1. The Morgan fingerprint density at radius 3 is 2.52 bits per heavy atom. The van der Waals surface area contributed by atoms with Crippen LogP contribution < -0.4 is 5.32 Å². The van der Waals surface area contributed by atoms with E-state index in [0.29, 0.717) is 0 Å². The lowest BCUT2D eigenvalue weighted by molar-refractivity contribution is -0.121. The summed E-state index contributed by atoms with van der Waals surface area (Å²) in [6.45, 7) is 0. The minimum Gasteiger partial charge on any atom is -0.349 e. The summed E-state index contributed by atoms with van der Waals surface area (Å²) >= 11 is 0. The standard InChI is InChI=1S/C16H21F2NO3S/c1-23(21,22)9-8-15(20)19-16(11-4-2-3-5-11)13-7-6-12(17)10-14(13)18/h6-7,10-11,16H,2-5,8-9H2,1H3,(H,19,20)/t16-/m0/s1. The molecule has 0 aromatic heterocycles. The number of nitrogens with one attached hydrogen (secondary N) is 1. The number of carbonyl (C=O) groups excluding carboxylic acids is 1. The highest BCUT2D eigenvalue weighted by Crippen LogP contribution is 2.36. The van der Waals surface area contributed by atoms with Crippen LogP contribution in [-0.4, -0.2) is 26.3 Å². The lowest BCUT2D eigenvalue weighted by Gasteiger charge is -2.25. The van der Waals surface area contributed by atoms with Gasteiger partial charge in [0.2, 0.25) is 5.91 Å². The summed E-state index contributed by atoms with van der Waals surface area (Å²) < 4.78 is 49.5. The van der Waals surface area contributed by atoms with E-state index in [-0.39, 0.29) is 23.7 Å². The quantitative estimate of drug-likeness (QED) is 0.862. The molecule has 0 heterocycles. The lowest BCUT2D eigenvalue weighted by atomic mass is 9.91. The van der Waals surface area contributed by atoms with Crippen LogP contribution in [0.3, 0.4) is 0 Å². The topological polar surface area (TPSA) is 63.2 Å². The fourth-order valence-corrected chi connectivity index (χ4v) is 3.57. The molecule has 0 aliphatic heterocycles. The van der Waals surface area contributed by atoms with Gasteiger partial charge in [0.15, 0.2) is 0 Å². The Bertz CT molecular complexity index is 670. The molecule has 23 heavy (non-hydrogen) atoms. The van der Waals surface area contributed by atoms with Gasteiger partial charge in [-0.15, -0.1) is 0 Å². The van der Waals surface area contributed by atoms with Crippen molar-refractivity contribution in [2.24, 2.45) is 5.92 Å². The highest BCUT2D eigenvalue weighted by atomic mass is 32.2. The van der Waals surface area contributed by atoms with E-state index in [1.165, 1.54) is 12.1 Å². The molecule has 1 N–H and O–H groups in total. The second-order valence-electron chi connectivity index (χ2n) is 6.14. The Labute approximate surface area is 135 Å². The first-order valence-electron chi connectivity index (χ1n) is 7.68. The molecule has 1 fully saturated rings. The van der Waals surface area contributed by atoms with Crippen molar-refractivity contribution in [1.82, 2.24) is 5.32 Å². The van der Waals surface area contributed by atoms with Gasteiger partial charge in [-0.05, 0) is 24.8 Å². The maximum atomic E-state index is 14.1. The van der Waals surface area contributed by atoms with Gasteiger partial charge in [-0.3, -0.25) is 4.79 Å². The summed E-state index contributed by atoms with van der Waals surface area (Å²) in [6.07, 6.45) is 4.62. The molecule has 1 aliphatic rings. The van der Waals surface area contributed by atoms with Gasteiger partial charge < -0.3 is 5.32 Å². The van der Waals surface area contributed by atoms with E-state index in [4.69, 9.17) is 0 Å². The van der Waals surface area contributed by atoms with E-state index >= 15 is 0 Å². The Hall–Kier alpha value is -1.50. The molecule has 0 bridgehead atoms. The number of hydrogen-bond donors (Lipinski definition) is 1. The Morgan fingerprint density at radius 1 is 1.30 bits per heavy atom. The van der Waals surface area contributed by atoms with Crippen molar-refractivity contribution in [3.05, 3.63) is 35.4 Å². The van der Waals surface area contributed by atoms with Gasteiger partial charge in [0.1, 0.15) is 21.5 Å². The van der Waals surface area contributed by atoms with Crippen molar-refractivity contribution in [1.29, 1.82) is 0 Å². The summed E-state index contributed by atoms with van der Waals surface area (Å²) in [5.41, 5.74) is 0.256. The second-order valence-corrected chi connectivity index (χ2v) is 8.40. The zero-order valence-corrected chi connectivity index (χ0v) is 13.8. The van der Waals surface area contributed by atoms with Crippen molar-refractivity contribution < 1.29 is 22.0 Å². The van der Waals surface area contributed by atoms with Crippen LogP contribution >= 0.6 is 0 Å². The van der Waals surface area contributed by atoms with E-state index in [1.54, 1.807) is 0 Å². The van der Waals surface area contributed by atoms with E-state index in [0.717, 1.165) is 38.0 Å². The maximum absolute atomic E-state index is 14.1. The van der Waals surface area contributed by atoms with Gasteiger partial charge in [0.25, 0.3) is 0 Å². The molecular weight excluding hydrogens is 324 g/mol. The molecule has 0 radical (unpaired) electrons. The smallest absolute Gasteiger partial charge is 0.221 e. The van der Waals surface area contributed by atoms with Gasteiger partial charge in [0, 0.05) is 24.3 Å². The minimum absolute atomic E-state index is 0.0807. The zero-order chi connectivity index (χ0) is 17.0. The predicted octanol–water partition coefficient (Wildman–Crippen LogP) is 2.75. The van der Waals surface area contributed by atoms with Crippen LogP contribution in [0.25, 0.3) is 0 Å². The van der Waals surface area contributed by atoms with Crippen LogP contribution in [0.15, 0.2) is 18.2 Å². The fraction of sp³-hybridized carbons (Fsp3) is 0.562. The van der Waals surface area contributed by atoms with E-state index in [2.05, 4.69) is 5.32 Å². The molecular formula is C16H21F2NO3S. The third kappa shape index (κ3) is 5.27. The summed E-state index contributed by atoms with van der Waals surface area (Å²) in [7, 11) is -3.24. The molecule has 1 atom stereocenters. The normalized spacial score (nSPS) is 17.2. The number of amides is 1.